The average Bonchev–Trinajstić information content (AvgIpc) is 2.45. The molecular formula is C19H43Cl2N3O. The first-order chi connectivity index (χ1) is 10.3. The first-order valence-electron chi connectivity index (χ1n) is 8.02. The largest absolute Gasteiger partial charge is 1.00 e. The van der Waals surface area contributed by atoms with Crippen molar-refractivity contribution in [2.45, 2.75) is 27.7 Å². The zero-order valence-electron chi connectivity index (χ0n) is 16.5. The Morgan fingerprint density at radius 1 is 1.04 bits per heavy atom. The van der Waals surface area contributed by atoms with E-state index >= 15 is 0 Å². The number of carbonyl (C=O) groups is 1. The predicted octanol–water partition coefficient (Wildman–Crippen LogP) is -4.07. The smallest absolute Gasteiger partial charge is 0.243 e. The van der Waals surface area contributed by atoms with Gasteiger partial charge in [-0.15, -0.1) is 0 Å². The molecule has 0 fully saturated rings. The molecule has 0 aromatic heterocycles. The van der Waals surface area contributed by atoms with Gasteiger partial charge in [-0.2, -0.15) is 0 Å². The van der Waals surface area contributed by atoms with Crippen LogP contribution in [-0.2, 0) is 4.79 Å². The van der Waals surface area contributed by atoms with E-state index in [1.54, 1.807) is 0 Å². The van der Waals surface area contributed by atoms with E-state index in [0.717, 1.165) is 37.1 Å². The molecule has 0 spiro atoms. The Balaban J connectivity index is -0.0000000597. The Morgan fingerprint density at radius 3 is 1.72 bits per heavy atom. The molecule has 4 nitrogen and oxygen atoms in total. The lowest BCUT2D eigenvalue weighted by Gasteiger charge is -2.26. The van der Waals surface area contributed by atoms with Crippen LogP contribution < -0.4 is 35.0 Å². The van der Waals surface area contributed by atoms with E-state index in [2.05, 4.69) is 53.2 Å². The zero-order chi connectivity index (χ0) is 18.0. The highest BCUT2D eigenvalue weighted by molar-refractivity contribution is 5.86. The summed E-state index contributed by atoms with van der Waals surface area (Å²) in [7, 11) is 8.50. The number of nitrogens with one attached hydrogen (secondary N) is 2. The monoisotopic (exact) mass is 399 g/mol. The number of rotatable bonds is 9. The third-order valence-electron chi connectivity index (χ3n) is 2.58. The number of amides is 1. The van der Waals surface area contributed by atoms with Crippen LogP contribution in [0.2, 0.25) is 0 Å². The highest BCUT2D eigenvalue weighted by Crippen LogP contribution is 1.95. The molecule has 25 heavy (non-hydrogen) atoms. The maximum atomic E-state index is 10.6. The van der Waals surface area contributed by atoms with Crippen LogP contribution >= 0.6 is 0 Å². The lowest BCUT2D eigenvalue weighted by molar-refractivity contribution is -0.878. The minimum atomic E-state index is -0.0845. The molecule has 6 heteroatoms. The second-order valence-corrected chi connectivity index (χ2v) is 5.68. The summed E-state index contributed by atoms with van der Waals surface area (Å²) in [5, 5.41) is 2.72. The van der Waals surface area contributed by atoms with E-state index in [0.29, 0.717) is 0 Å². The Hall–Kier alpha value is -0.810. The van der Waals surface area contributed by atoms with Gasteiger partial charge in [0.25, 0.3) is 0 Å². The third kappa shape index (κ3) is 39.7. The van der Waals surface area contributed by atoms with Crippen molar-refractivity contribution in [3.63, 3.8) is 0 Å². The standard InChI is InChI=1S/C8H16N2O.C8H16N.C2H6.CH4.2ClH/c1-4-8(11)9-6-5-7-10(2)3;1-5-7-9(3,4)8-6-2;1-2;;;/h4H,1,5-7H2,2-3H3,(H,9,11);5-6H,1-2,7-8H2,3-4H3;1-2H3;1H4;2*1H/q;+1;;;;/p-1. The van der Waals surface area contributed by atoms with Gasteiger partial charge in [0.05, 0.1) is 47.8 Å². The lowest BCUT2D eigenvalue weighted by Crippen LogP contribution is -3.05. The van der Waals surface area contributed by atoms with Crippen molar-refractivity contribution < 1.29 is 39.0 Å². The summed E-state index contributed by atoms with van der Waals surface area (Å²) in [5.74, 6) is -0.0845. The van der Waals surface area contributed by atoms with E-state index in [1.165, 1.54) is 11.0 Å². The van der Waals surface area contributed by atoms with Crippen molar-refractivity contribution in [1.82, 2.24) is 5.32 Å². The van der Waals surface area contributed by atoms with Crippen molar-refractivity contribution in [3.8, 4) is 0 Å². The second-order valence-electron chi connectivity index (χ2n) is 5.68. The number of halogens is 2. The summed E-state index contributed by atoms with van der Waals surface area (Å²) in [6.45, 7) is 18.6. The molecule has 0 aromatic rings. The molecule has 0 saturated heterocycles. The fraction of sp³-hybridized carbons (Fsp3) is 0.632. The molecule has 0 heterocycles. The van der Waals surface area contributed by atoms with Crippen LogP contribution in [0.3, 0.4) is 0 Å². The molecule has 0 aliphatic heterocycles. The third-order valence-corrected chi connectivity index (χ3v) is 2.58. The summed E-state index contributed by atoms with van der Waals surface area (Å²) in [6.07, 6.45) is 6.18. The van der Waals surface area contributed by atoms with E-state index < -0.39 is 0 Å². The maximum absolute atomic E-state index is 10.6. The van der Waals surface area contributed by atoms with Crippen LogP contribution in [0.15, 0.2) is 38.0 Å². The summed E-state index contributed by atoms with van der Waals surface area (Å²) >= 11 is 0. The Bertz CT molecular complexity index is 295. The maximum Gasteiger partial charge on any atom is 0.243 e. The van der Waals surface area contributed by atoms with Crippen molar-refractivity contribution in [2.24, 2.45) is 0 Å². The van der Waals surface area contributed by atoms with Gasteiger partial charge in [0.2, 0.25) is 5.91 Å². The van der Waals surface area contributed by atoms with Gasteiger partial charge in [-0.05, 0) is 18.2 Å². The normalized spacial score (nSPS) is 8.44. The minimum Gasteiger partial charge on any atom is -1.00 e. The number of hydrogen-bond acceptors (Lipinski definition) is 1. The van der Waals surface area contributed by atoms with Crippen LogP contribution in [0.1, 0.15) is 27.7 Å². The molecule has 154 valence electrons. The molecule has 0 saturated carbocycles. The lowest BCUT2D eigenvalue weighted by atomic mass is 10.4. The van der Waals surface area contributed by atoms with E-state index in [9.17, 15) is 4.79 Å². The van der Waals surface area contributed by atoms with Gasteiger partial charge in [0.1, 0.15) is 0 Å². The first kappa shape index (κ1) is 39.3. The number of carbonyl (C=O) groups excluding carboxylic acids is 1. The Kier molecular flexibility index (Phi) is 44.1. The van der Waals surface area contributed by atoms with E-state index in [1.807, 2.05) is 26.0 Å². The molecule has 1 amide bonds. The van der Waals surface area contributed by atoms with Gasteiger partial charge in [-0.25, -0.2) is 0 Å². The first-order valence-corrected chi connectivity index (χ1v) is 8.02. The summed E-state index contributed by atoms with van der Waals surface area (Å²) in [5.41, 5.74) is 0. The molecule has 0 bridgehead atoms. The fourth-order valence-corrected chi connectivity index (χ4v) is 1.50. The molecule has 0 aromatic carbocycles. The number of nitrogens with zero attached hydrogens (tertiary/aromatic N) is 1. The van der Waals surface area contributed by atoms with Gasteiger partial charge in [-0.1, -0.05) is 41.0 Å². The van der Waals surface area contributed by atoms with Crippen molar-refractivity contribution in [2.75, 3.05) is 54.4 Å². The molecular weight excluding hydrogens is 357 g/mol. The van der Waals surface area contributed by atoms with Crippen LogP contribution in [0.4, 0.5) is 0 Å². The minimum absolute atomic E-state index is 0. The van der Waals surface area contributed by atoms with Gasteiger partial charge >= 0.3 is 0 Å². The second kappa shape index (κ2) is 28.0. The predicted molar refractivity (Wildman–Crippen MR) is 106 cm³/mol. The van der Waals surface area contributed by atoms with Crippen LogP contribution in [0, 0.1) is 0 Å². The number of likely N-dealkylation sites (N-methyl/N-ethyl adjacent to an activating group) is 1. The molecule has 0 aliphatic carbocycles. The number of quaternary nitrogens is 2. The van der Waals surface area contributed by atoms with E-state index in [4.69, 9.17) is 0 Å². The van der Waals surface area contributed by atoms with Crippen LogP contribution in [0.25, 0.3) is 0 Å². The average molecular weight is 400 g/mol. The SMILES string of the molecule is C.C=CC(=O)NCCC[NH+](C)C.C=CC[N+](C)(C)CC=C.CC.[Cl-].[Cl-]. The molecule has 0 atom stereocenters. The molecule has 2 N–H and O–H groups in total. The molecule has 0 radical (unpaired) electrons. The number of hydrogen-bond donors (Lipinski definition) is 2. The quantitative estimate of drug-likeness (QED) is 0.176. The van der Waals surface area contributed by atoms with Crippen molar-refractivity contribution >= 4 is 5.91 Å². The van der Waals surface area contributed by atoms with Crippen LogP contribution in [-0.4, -0.2) is 64.8 Å². The van der Waals surface area contributed by atoms with Crippen LogP contribution in [0.5, 0.6) is 0 Å². The van der Waals surface area contributed by atoms with Crippen molar-refractivity contribution in [3.05, 3.63) is 38.0 Å². The summed E-state index contributed by atoms with van der Waals surface area (Å²) < 4.78 is 0.951. The molecule has 0 rings (SSSR count). The van der Waals surface area contributed by atoms with E-state index in [-0.39, 0.29) is 38.1 Å². The molecule has 0 unspecified atom stereocenters. The molecule has 0 aliphatic rings. The van der Waals surface area contributed by atoms with Gasteiger partial charge in [0, 0.05) is 13.0 Å². The topological polar surface area (TPSA) is 33.5 Å². The Labute approximate surface area is 170 Å². The highest BCUT2D eigenvalue weighted by Gasteiger charge is 2.07. The van der Waals surface area contributed by atoms with Gasteiger partial charge in [-0.3, -0.25) is 4.79 Å². The zero-order valence-corrected chi connectivity index (χ0v) is 18.0. The highest BCUT2D eigenvalue weighted by atomic mass is 35.5. The summed E-state index contributed by atoms with van der Waals surface area (Å²) in [4.78, 5) is 12.0. The fourth-order valence-electron chi connectivity index (χ4n) is 1.50. The Morgan fingerprint density at radius 2 is 1.44 bits per heavy atom. The van der Waals surface area contributed by atoms with Crippen molar-refractivity contribution in [1.29, 1.82) is 0 Å². The van der Waals surface area contributed by atoms with Gasteiger partial charge < -0.3 is 39.5 Å². The van der Waals surface area contributed by atoms with Gasteiger partial charge in [0.15, 0.2) is 0 Å². The summed E-state index contributed by atoms with van der Waals surface area (Å²) in [6, 6.07) is 0.